The van der Waals surface area contributed by atoms with Gasteiger partial charge in [0.15, 0.2) is 0 Å². The molecule has 16 heavy (non-hydrogen) atoms. The highest BCUT2D eigenvalue weighted by Gasteiger charge is 2.23. The Morgan fingerprint density at radius 3 is 2.94 bits per heavy atom. The van der Waals surface area contributed by atoms with E-state index in [2.05, 4.69) is 15.9 Å². The molecule has 1 N–H and O–H groups in total. The first kappa shape index (κ1) is 12.4. The van der Waals surface area contributed by atoms with E-state index in [9.17, 15) is 5.11 Å². The molecule has 0 saturated carbocycles. The zero-order chi connectivity index (χ0) is 11.5. The molecule has 1 heterocycles. The van der Waals surface area contributed by atoms with Gasteiger partial charge in [0.1, 0.15) is 0 Å². The molecule has 4 heteroatoms. The van der Waals surface area contributed by atoms with Crippen LogP contribution in [0.4, 0.5) is 0 Å². The van der Waals surface area contributed by atoms with Gasteiger partial charge in [-0.25, -0.2) is 0 Å². The van der Waals surface area contributed by atoms with Crippen molar-refractivity contribution in [2.24, 2.45) is 5.92 Å². The van der Waals surface area contributed by atoms with Crippen molar-refractivity contribution < 1.29 is 9.84 Å². The Morgan fingerprint density at radius 1 is 1.50 bits per heavy atom. The maximum absolute atomic E-state index is 10.2. The number of hydrogen-bond acceptors (Lipinski definition) is 2. The predicted molar refractivity (Wildman–Crippen MR) is 67.7 cm³/mol. The van der Waals surface area contributed by atoms with Gasteiger partial charge in [0.05, 0.1) is 17.7 Å². The standard InChI is InChI=1S/C12H14BrClO2/c13-10-4-3-8(6-11(10)14)12(15)9-2-1-5-16-7-9/h3-4,6,9,12,15H,1-2,5,7H2. The molecule has 1 aliphatic rings. The molecule has 0 aromatic heterocycles. The lowest BCUT2D eigenvalue weighted by molar-refractivity contribution is -0.00996. The van der Waals surface area contributed by atoms with Gasteiger partial charge in [-0.05, 0) is 46.5 Å². The summed E-state index contributed by atoms with van der Waals surface area (Å²) in [4.78, 5) is 0. The highest BCUT2D eigenvalue weighted by Crippen LogP contribution is 2.32. The van der Waals surface area contributed by atoms with E-state index in [1.807, 2.05) is 18.2 Å². The van der Waals surface area contributed by atoms with Gasteiger partial charge in [-0.3, -0.25) is 0 Å². The van der Waals surface area contributed by atoms with Crippen LogP contribution in [-0.2, 0) is 4.74 Å². The van der Waals surface area contributed by atoms with Crippen molar-refractivity contribution >= 4 is 27.5 Å². The summed E-state index contributed by atoms with van der Waals surface area (Å²) in [5, 5.41) is 10.8. The Morgan fingerprint density at radius 2 is 2.31 bits per heavy atom. The number of halogens is 2. The Hall–Kier alpha value is -0.0900. The summed E-state index contributed by atoms with van der Waals surface area (Å²) in [5.41, 5.74) is 0.865. The summed E-state index contributed by atoms with van der Waals surface area (Å²) in [5.74, 6) is 0.186. The van der Waals surface area contributed by atoms with Gasteiger partial charge in [0, 0.05) is 17.0 Å². The van der Waals surface area contributed by atoms with E-state index < -0.39 is 6.10 Å². The third kappa shape index (κ3) is 2.77. The fraction of sp³-hybridized carbons (Fsp3) is 0.500. The summed E-state index contributed by atoms with van der Waals surface area (Å²) < 4.78 is 6.23. The van der Waals surface area contributed by atoms with Crippen molar-refractivity contribution in [2.45, 2.75) is 18.9 Å². The number of aliphatic hydroxyl groups excluding tert-OH is 1. The van der Waals surface area contributed by atoms with E-state index in [0.717, 1.165) is 29.5 Å². The number of ether oxygens (including phenoxy) is 1. The lowest BCUT2D eigenvalue weighted by atomic mass is 9.91. The van der Waals surface area contributed by atoms with Gasteiger partial charge in [0.2, 0.25) is 0 Å². The van der Waals surface area contributed by atoms with Gasteiger partial charge in [-0.2, -0.15) is 0 Å². The molecule has 2 unspecified atom stereocenters. The average Bonchev–Trinajstić information content (AvgIpc) is 2.33. The third-order valence-corrected chi connectivity index (χ3v) is 4.16. The van der Waals surface area contributed by atoms with Crippen LogP contribution in [0.25, 0.3) is 0 Å². The van der Waals surface area contributed by atoms with Crippen LogP contribution >= 0.6 is 27.5 Å². The molecule has 2 rings (SSSR count). The van der Waals surface area contributed by atoms with E-state index in [1.54, 1.807) is 0 Å². The van der Waals surface area contributed by atoms with Crippen LogP contribution in [0, 0.1) is 5.92 Å². The average molecular weight is 306 g/mol. The fourth-order valence-corrected chi connectivity index (χ4v) is 2.42. The molecule has 1 aliphatic heterocycles. The Labute approximate surface area is 109 Å². The smallest absolute Gasteiger partial charge is 0.0840 e. The molecular weight excluding hydrogens is 291 g/mol. The second-order valence-electron chi connectivity index (χ2n) is 4.10. The zero-order valence-electron chi connectivity index (χ0n) is 8.83. The van der Waals surface area contributed by atoms with E-state index in [1.165, 1.54) is 0 Å². The van der Waals surface area contributed by atoms with Crippen LogP contribution in [0.15, 0.2) is 22.7 Å². The molecule has 1 saturated heterocycles. The molecule has 1 aromatic carbocycles. The monoisotopic (exact) mass is 304 g/mol. The summed E-state index contributed by atoms with van der Waals surface area (Å²) in [6.07, 6.45) is 1.55. The largest absolute Gasteiger partial charge is 0.388 e. The number of aliphatic hydroxyl groups is 1. The van der Waals surface area contributed by atoms with Gasteiger partial charge in [0.25, 0.3) is 0 Å². The lowest BCUT2D eigenvalue weighted by Crippen LogP contribution is -2.23. The molecule has 88 valence electrons. The molecule has 0 spiro atoms. The van der Waals surface area contributed by atoms with Crippen molar-refractivity contribution in [3.63, 3.8) is 0 Å². The highest BCUT2D eigenvalue weighted by molar-refractivity contribution is 9.10. The van der Waals surface area contributed by atoms with Crippen molar-refractivity contribution in [1.29, 1.82) is 0 Å². The van der Waals surface area contributed by atoms with Crippen LogP contribution in [0.2, 0.25) is 5.02 Å². The number of benzene rings is 1. The van der Waals surface area contributed by atoms with E-state index in [0.29, 0.717) is 11.6 Å². The molecule has 2 nitrogen and oxygen atoms in total. The first-order chi connectivity index (χ1) is 7.68. The second-order valence-corrected chi connectivity index (χ2v) is 5.36. The van der Waals surface area contributed by atoms with Gasteiger partial charge in [-0.1, -0.05) is 17.7 Å². The molecular formula is C12H14BrClO2. The molecule has 0 radical (unpaired) electrons. The van der Waals surface area contributed by atoms with Crippen molar-refractivity contribution in [2.75, 3.05) is 13.2 Å². The van der Waals surface area contributed by atoms with Crippen LogP contribution < -0.4 is 0 Å². The van der Waals surface area contributed by atoms with Crippen molar-refractivity contribution in [3.8, 4) is 0 Å². The molecule has 0 bridgehead atoms. The molecule has 2 atom stereocenters. The van der Waals surface area contributed by atoms with Gasteiger partial charge >= 0.3 is 0 Å². The summed E-state index contributed by atoms with van der Waals surface area (Å²) in [6, 6.07) is 5.57. The number of hydrogen-bond donors (Lipinski definition) is 1. The van der Waals surface area contributed by atoms with Crippen LogP contribution in [0.3, 0.4) is 0 Å². The first-order valence-electron chi connectivity index (χ1n) is 5.39. The van der Waals surface area contributed by atoms with E-state index >= 15 is 0 Å². The first-order valence-corrected chi connectivity index (χ1v) is 6.56. The Bertz CT molecular complexity index is 364. The Kier molecular flexibility index (Phi) is 4.25. The van der Waals surface area contributed by atoms with Gasteiger partial charge < -0.3 is 9.84 Å². The number of rotatable bonds is 2. The van der Waals surface area contributed by atoms with Crippen LogP contribution in [0.5, 0.6) is 0 Å². The highest BCUT2D eigenvalue weighted by atomic mass is 79.9. The van der Waals surface area contributed by atoms with Crippen molar-refractivity contribution in [3.05, 3.63) is 33.3 Å². The van der Waals surface area contributed by atoms with E-state index in [4.69, 9.17) is 16.3 Å². The summed E-state index contributed by atoms with van der Waals surface area (Å²) in [6.45, 7) is 1.44. The van der Waals surface area contributed by atoms with Crippen molar-refractivity contribution in [1.82, 2.24) is 0 Å². The summed E-state index contributed by atoms with van der Waals surface area (Å²) >= 11 is 9.34. The van der Waals surface area contributed by atoms with Gasteiger partial charge in [-0.15, -0.1) is 0 Å². The third-order valence-electron chi connectivity index (χ3n) is 2.93. The molecule has 1 aromatic rings. The maximum atomic E-state index is 10.2. The molecule has 1 fully saturated rings. The quantitative estimate of drug-likeness (QED) is 0.905. The summed E-state index contributed by atoms with van der Waals surface area (Å²) in [7, 11) is 0. The van der Waals surface area contributed by atoms with Crippen LogP contribution in [-0.4, -0.2) is 18.3 Å². The predicted octanol–water partition coefficient (Wildman–Crippen LogP) is 3.56. The second kappa shape index (κ2) is 5.50. The minimum atomic E-state index is -0.481. The fourth-order valence-electron chi connectivity index (χ4n) is 1.98. The normalized spacial score (nSPS) is 23.1. The topological polar surface area (TPSA) is 29.5 Å². The SMILES string of the molecule is OC(c1ccc(Br)c(Cl)c1)C1CCCOC1. The molecule has 0 aliphatic carbocycles. The molecule has 0 amide bonds. The minimum absolute atomic E-state index is 0.186. The zero-order valence-corrected chi connectivity index (χ0v) is 11.2. The lowest BCUT2D eigenvalue weighted by Gasteiger charge is -2.27. The van der Waals surface area contributed by atoms with E-state index in [-0.39, 0.29) is 5.92 Å². The van der Waals surface area contributed by atoms with Crippen LogP contribution in [0.1, 0.15) is 24.5 Å². The maximum Gasteiger partial charge on any atom is 0.0840 e. The minimum Gasteiger partial charge on any atom is -0.388 e. The Balaban J connectivity index is 2.12.